The molecule has 2 aliphatic rings. The van der Waals surface area contributed by atoms with Gasteiger partial charge in [0.25, 0.3) is 0 Å². The number of ether oxygens (including phenoxy) is 1. The van der Waals surface area contributed by atoms with E-state index in [9.17, 15) is 14.0 Å². The van der Waals surface area contributed by atoms with Crippen LogP contribution in [0.3, 0.4) is 0 Å². The van der Waals surface area contributed by atoms with Gasteiger partial charge in [0.15, 0.2) is 0 Å². The quantitative estimate of drug-likeness (QED) is 0.692. The zero-order chi connectivity index (χ0) is 23.2. The summed E-state index contributed by atoms with van der Waals surface area (Å²) in [6.45, 7) is 6.32. The minimum atomic E-state index is -0.319. The van der Waals surface area contributed by atoms with Crippen LogP contribution in [0.15, 0.2) is 40.8 Å². The van der Waals surface area contributed by atoms with Crippen molar-refractivity contribution >= 4 is 11.8 Å². The van der Waals surface area contributed by atoms with Crippen molar-refractivity contribution in [1.82, 2.24) is 15.1 Å². The molecule has 2 atom stereocenters. The minimum absolute atomic E-state index is 0.0311. The number of furan rings is 1. The number of halogens is 1. The lowest BCUT2D eigenvalue weighted by molar-refractivity contribution is -0.135. The molecule has 8 heteroatoms. The largest absolute Gasteiger partial charge is 0.465 e. The number of amides is 2. The molecule has 178 valence electrons. The molecular weight excluding hydrogens is 425 g/mol. The van der Waals surface area contributed by atoms with Crippen molar-refractivity contribution in [1.29, 1.82) is 0 Å². The summed E-state index contributed by atoms with van der Waals surface area (Å²) in [5.74, 6) is 1.07. The van der Waals surface area contributed by atoms with Crippen LogP contribution < -0.4 is 5.32 Å². The fraction of sp³-hybridized carbons (Fsp3) is 0.520. The van der Waals surface area contributed by atoms with Gasteiger partial charge in [-0.25, -0.2) is 4.39 Å². The first-order valence-electron chi connectivity index (χ1n) is 11.7. The van der Waals surface area contributed by atoms with Gasteiger partial charge in [0.2, 0.25) is 11.8 Å². The molecular formula is C25H32FN3O4. The predicted molar refractivity (Wildman–Crippen MR) is 121 cm³/mol. The number of carbonyl (C=O) groups excluding carboxylic acids is 2. The summed E-state index contributed by atoms with van der Waals surface area (Å²) in [5, 5.41) is 3.11. The number of likely N-dealkylation sites (tertiary alicyclic amines) is 1. The van der Waals surface area contributed by atoms with E-state index in [-0.39, 0.29) is 36.0 Å². The maximum atomic E-state index is 13.1. The molecule has 7 nitrogen and oxygen atoms in total. The summed E-state index contributed by atoms with van der Waals surface area (Å²) in [7, 11) is 0. The molecule has 1 aromatic carbocycles. The molecule has 2 amide bonds. The Morgan fingerprint density at radius 2 is 1.88 bits per heavy atom. The summed E-state index contributed by atoms with van der Waals surface area (Å²) in [4.78, 5) is 29.8. The zero-order valence-corrected chi connectivity index (χ0v) is 19.1. The van der Waals surface area contributed by atoms with E-state index >= 15 is 0 Å². The van der Waals surface area contributed by atoms with Gasteiger partial charge < -0.3 is 19.4 Å². The van der Waals surface area contributed by atoms with Crippen molar-refractivity contribution in [2.45, 2.75) is 32.2 Å². The lowest BCUT2D eigenvalue weighted by Crippen LogP contribution is -2.48. The first-order valence-corrected chi connectivity index (χ1v) is 11.7. The normalized spacial score (nSPS) is 20.4. The predicted octanol–water partition coefficient (Wildman–Crippen LogP) is 2.70. The number of rotatable bonds is 7. The Morgan fingerprint density at radius 3 is 2.58 bits per heavy atom. The van der Waals surface area contributed by atoms with E-state index in [1.165, 1.54) is 12.1 Å². The molecule has 2 unspecified atom stereocenters. The van der Waals surface area contributed by atoms with Crippen molar-refractivity contribution in [3.8, 4) is 0 Å². The van der Waals surface area contributed by atoms with Crippen molar-refractivity contribution in [2.24, 2.45) is 5.92 Å². The van der Waals surface area contributed by atoms with Crippen LogP contribution in [0.5, 0.6) is 0 Å². The van der Waals surface area contributed by atoms with Gasteiger partial charge in [-0.1, -0.05) is 12.1 Å². The van der Waals surface area contributed by atoms with Crippen LogP contribution >= 0.6 is 0 Å². The van der Waals surface area contributed by atoms with Gasteiger partial charge in [-0.2, -0.15) is 0 Å². The number of aryl methyl sites for hydroxylation is 1. The standard InChI is InChI=1S/C25H32FN3O4/c1-18-4-9-23(33-18)22(28-11-13-32-14-12-28)16-27-25(31)20-3-2-10-29(17-20)24(30)15-19-5-7-21(26)8-6-19/h4-9,20,22H,2-3,10-17H2,1H3,(H,27,31). The number of hydrogen-bond donors (Lipinski definition) is 1. The monoisotopic (exact) mass is 457 g/mol. The second-order valence-corrected chi connectivity index (χ2v) is 8.84. The Labute approximate surface area is 193 Å². The first kappa shape index (κ1) is 23.4. The molecule has 3 heterocycles. The highest BCUT2D eigenvalue weighted by atomic mass is 19.1. The molecule has 0 saturated carbocycles. The summed E-state index contributed by atoms with van der Waals surface area (Å²) in [6.07, 6.45) is 1.76. The lowest BCUT2D eigenvalue weighted by atomic mass is 9.96. The van der Waals surface area contributed by atoms with E-state index in [0.717, 1.165) is 43.0 Å². The highest BCUT2D eigenvalue weighted by molar-refractivity contribution is 5.82. The van der Waals surface area contributed by atoms with Crippen LogP contribution in [0, 0.1) is 18.7 Å². The lowest BCUT2D eigenvalue weighted by Gasteiger charge is -2.35. The molecule has 0 spiro atoms. The summed E-state index contributed by atoms with van der Waals surface area (Å²) >= 11 is 0. The third kappa shape index (κ3) is 6.21. The fourth-order valence-corrected chi connectivity index (χ4v) is 4.58. The molecule has 2 aromatic rings. The number of morpholine rings is 1. The van der Waals surface area contributed by atoms with E-state index in [4.69, 9.17) is 9.15 Å². The number of nitrogens with one attached hydrogen (secondary N) is 1. The van der Waals surface area contributed by atoms with E-state index in [1.807, 2.05) is 19.1 Å². The number of carbonyl (C=O) groups is 2. The molecule has 0 aliphatic carbocycles. The fourth-order valence-electron chi connectivity index (χ4n) is 4.58. The average Bonchev–Trinajstić information content (AvgIpc) is 3.27. The molecule has 2 fully saturated rings. The second-order valence-electron chi connectivity index (χ2n) is 8.84. The van der Waals surface area contributed by atoms with Crippen molar-refractivity contribution in [2.75, 3.05) is 45.9 Å². The van der Waals surface area contributed by atoms with E-state index in [2.05, 4.69) is 10.2 Å². The number of nitrogens with zero attached hydrogens (tertiary/aromatic N) is 2. The van der Waals surface area contributed by atoms with E-state index in [1.54, 1.807) is 17.0 Å². The van der Waals surface area contributed by atoms with E-state index in [0.29, 0.717) is 32.8 Å². The van der Waals surface area contributed by atoms with Crippen LogP contribution in [-0.4, -0.2) is 67.6 Å². The highest BCUT2D eigenvalue weighted by Crippen LogP contribution is 2.24. The van der Waals surface area contributed by atoms with Gasteiger partial charge in [0, 0.05) is 32.7 Å². The van der Waals surface area contributed by atoms with Crippen LogP contribution in [-0.2, 0) is 20.7 Å². The van der Waals surface area contributed by atoms with Gasteiger partial charge in [0.1, 0.15) is 17.3 Å². The highest BCUT2D eigenvalue weighted by Gasteiger charge is 2.30. The summed E-state index contributed by atoms with van der Waals surface area (Å²) in [5.41, 5.74) is 0.773. The smallest absolute Gasteiger partial charge is 0.227 e. The molecule has 0 bridgehead atoms. The number of benzene rings is 1. The van der Waals surface area contributed by atoms with Gasteiger partial charge in [-0.05, 0) is 49.6 Å². The van der Waals surface area contributed by atoms with Gasteiger partial charge >= 0.3 is 0 Å². The molecule has 1 N–H and O–H groups in total. The maximum Gasteiger partial charge on any atom is 0.227 e. The molecule has 2 saturated heterocycles. The number of piperidine rings is 1. The number of hydrogen-bond acceptors (Lipinski definition) is 5. The Kier molecular flexibility index (Phi) is 7.77. The van der Waals surface area contributed by atoms with E-state index < -0.39 is 0 Å². The minimum Gasteiger partial charge on any atom is -0.465 e. The Morgan fingerprint density at radius 1 is 1.12 bits per heavy atom. The summed E-state index contributed by atoms with van der Waals surface area (Å²) in [6, 6.07) is 9.84. The molecule has 1 aromatic heterocycles. The molecule has 2 aliphatic heterocycles. The zero-order valence-electron chi connectivity index (χ0n) is 19.1. The molecule has 4 rings (SSSR count). The van der Waals surface area contributed by atoms with Crippen LogP contribution in [0.2, 0.25) is 0 Å². The second kappa shape index (κ2) is 10.9. The third-order valence-electron chi connectivity index (χ3n) is 6.46. The molecule has 33 heavy (non-hydrogen) atoms. The summed E-state index contributed by atoms with van der Waals surface area (Å²) < 4.78 is 24.5. The third-order valence-corrected chi connectivity index (χ3v) is 6.46. The van der Waals surface area contributed by atoms with Crippen molar-refractivity contribution < 1.29 is 23.1 Å². The van der Waals surface area contributed by atoms with Crippen molar-refractivity contribution in [3.05, 3.63) is 59.3 Å². The van der Waals surface area contributed by atoms with Crippen molar-refractivity contribution in [3.63, 3.8) is 0 Å². The first-order chi connectivity index (χ1) is 16.0. The Balaban J connectivity index is 1.33. The van der Waals surface area contributed by atoms with Gasteiger partial charge in [-0.3, -0.25) is 14.5 Å². The Bertz CT molecular complexity index is 939. The van der Waals surface area contributed by atoms with Gasteiger partial charge in [-0.15, -0.1) is 0 Å². The topological polar surface area (TPSA) is 75.0 Å². The van der Waals surface area contributed by atoms with Crippen LogP contribution in [0.4, 0.5) is 4.39 Å². The SMILES string of the molecule is Cc1ccc(C(CNC(=O)C2CCCN(C(=O)Cc3ccc(F)cc3)C2)N2CCOCC2)o1. The Hall–Kier alpha value is -2.71. The average molecular weight is 458 g/mol. The van der Waals surface area contributed by atoms with Gasteiger partial charge in [0.05, 0.1) is 31.6 Å². The van der Waals surface area contributed by atoms with Crippen LogP contribution in [0.25, 0.3) is 0 Å². The maximum absolute atomic E-state index is 13.1. The van der Waals surface area contributed by atoms with Crippen LogP contribution in [0.1, 0.15) is 36.0 Å². The molecule has 0 radical (unpaired) electrons.